The van der Waals surface area contributed by atoms with Crippen LogP contribution in [0.25, 0.3) is 0 Å². The molecule has 1 aromatic carbocycles. The molecule has 2 saturated carbocycles. The predicted octanol–water partition coefficient (Wildman–Crippen LogP) is 3.95. The maximum Gasteiger partial charge on any atom is 0.0587 e. The molecule has 2 fully saturated rings. The highest BCUT2D eigenvalue weighted by Gasteiger charge is 2.39. The third-order valence-corrected chi connectivity index (χ3v) is 6.24. The van der Waals surface area contributed by atoms with E-state index in [0.29, 0.717) is 0 Å². The molecular formula is C18H27NOS. The van der Waals surface area contributed by atoms with E-state index >= 15 is 0 Å². The summed E-state index contributed by atoms with van der Waals surface area (Å²) in [6.07, 6.45) is 6.03. The fraction of sp³-hybridized carbons (Fsp3) is 0.667. The third kappa shape index (κ3) is 4.24. The summed E-state index contributed by atoms with van der Waals surface area (Å²) in [5.74, 6) is 4.41. The molecule has 0 aromatic heterocycles. The van der Waals surface area contributed by atoms with Crippen molar-refractivity contribution in [3.63, 3.8) is 0 Å². The molecule has 3 rings (SSSR count). The van der Waals surface area contributed by atoms with Gasteiger partial charge in [-0.1, -0.05) is 18.6 Å². The van der Waals surface area contributed by atoms with Crippen LogP contribution in [0.1, 0.15) is 31.2 Å². The number of benzene rings is 1. The Hall–Kier alpha value is -0.510. The van der Waals surface area contributed by atoms with Gasteiger partial charge in [0, 0.05) is 30.8 Å². The number of fused-ring (bicyclic) bond motifs is 2. The number of ether oxygens (including phenoxy) is 1. The van der Waals surface area contributed by atoms with Gasteiger partial charge in [0.05, 0.1) is 6.61 Å². The molecule has 1 aromatic rings. The van der Waals surface area contributed by atoms with Gasteiger partial charge in [-0.15, -0.1) is 11.8 Å². The Morgan fingerprint density at radius 1 is 1.29 bits per heavy atom. The normalized spacial score (nSPS) is 27.4. The van der Waals surface area contributed by atoms with Crippen molar-refractivity contribution in [2.45, 2.75) is 37.1 Å². The number of hydrogen-bond donors (Lipinski definition) is 1. The van der Waals surface area contributed by atoms with Crippen LogP contribution in [0.2, 0.25) is 0 Å². The zero-order valence-electron chi connectivity index (χ0n) is 13.0. The van der Waals surface area contributed by atoms with Crippen LogP contribution in [0.5, 0.6) is 0 Å². The first-order valence-electron chi connectivity index (χ1n) is 8.26. The topological polar surface area (TPSA) is 21.3 Å². The molecule has 0 radical (unpaired) electrons. The van der Waals surface area contributed by atoms with Gasteiger partial charge < -0.3 is 10.1 Å². The van der Waals surface area contributed by atoms with Gasteiger partial charge in [0.2, 0.25) is 0 Å². The monoisotopic (exact) mass is 305 g/mol. The molecule has 0 aliphatic heterocycles. The van der Waals surface area contributed by atoms with Gasteiger partial charge in [-0.2, -0.15) is 0 Å². The zero-order chi connectivity index (χ0) is 14.5. The lowest BCUT2D eigenvalue weighted by Gasteiger charge is -2.21. The molecular weight excluding hydrogens is 278 g/mol. The van der Waals surface area contributed by atoms with Crippen LogP contribution in [0.3, 0.4) is 0 Å². The van der Waals surface area contributed by atoms with E-state index in [1.165, 1.54) is 41.9 Å². The van der Waals surface area contributed by atoms with E-state index in [1.807, 2.05) is 0 Å². The first kappa shape index (κ1) is 15.4. The van der Waals surface area contributed by atoms with Gasteiger partial charge in [-0.25, -0.2) is 0 Å². The summed E-state index contributed by atoms with van der Waals surface area (Å²) in [5.41, 5.74) is 1.38. The summed E-state index contributed by atoms with van der Waals surface area (Å²) < 4.78 is 5.06. The van der Waals surface area contributed by atoms with Crippen LogP contribution in [0.15, 0.2) is 29.2 Å². The van der Waals surface area contributed by atoms with Gasteiger partial charge in [0.25, 0.3) is 0 Å². The molecule has 3 heteroatoms. The molecule has 116 valence electrons. The molecule has 0 saturated heterocycles. The summed E-state index contributed by atoms with van der Waals surface area (Å²) >= 11 is 2.06. The Labute approximate surface area is 133 Å². The van der Waals surface area contributed by atoms with Crippen molar-refractivity contribution in [2.75, 3.05) is 26.0 Å². The van der Waals surface area contributed by atoms with Crippen molar-refractivity contribution in [1.29, 1.82) is 0 Å². The van der Waals surface area contributed by atoms with Crippen molar-refractivity contribution >= 4 is 11.8 Å². The van der Waals surface area contributed by atoms with Gasteiger partial charge in [-0.05, 0) is 54.7 Å². The Balaban J connectivity index is 1.45. The minimum absolute atomic E-state index is 0.776. The van der Waals surface area contributed by atoms with Crippen LogP contribution in [-0.2, 0) is 11.3 Å². The van der Waals surface area contributed by atoms with Crippen LogP contribution in [-0.4, -0.2) is 26.0 Å². The fourth-order valence-corrected chi connectivity index (χ4v) is 5.16. The highest BCUT2D eigenvalue weighted by atomic mass is 32.2. The Kier molecular flexibility index (Phi) is 5.61. The summed E-state index contributed by atoms with van der Waals surface area (Å²) in [7, 11) is 1.74. The van der Waals surface area contributed by atoms with E-state index in [1.54, 1.807) is 7.11 Å². The molecule has 0 amide bonds. The van der Waals surface area contributed by atoms with Gasteiger partial charge in [0.15, 0.2) is 0 Å². The molecule has 2 aliphatic carbocycles. The standard InChI is InChI=1S/C18H27NOS/c1-20-8-7-19-12-15-3-2-4-18(11-15)21-13-17-10-14-5-6-16(17)9-14/h2-4,11,14,16-17,19H,5-10,12-13H2,1H3. The van der Waals surface area contributed by atoms with Crippen molar-refractivity contribution in [3.8, 4) is 0 Å². The second kappa shape index (κ2) is 7.66. The van der Waals surface area contributed by atoms with E-state index < -0.39 is 0 Å². The molecule has 2 bridgehead atoms. The van der Waals surface area contributed by atoms with Crippen LogP contribution >= 0.6 is 11.8 Å². The smallest absolute Gasteiger partial charge is 0.0587 e. The average Bonchev–Trinajstić information content (AvgIpc) is 3.13. The Bertz CT molecular complexity index is 451. The molecule has 1 N–H and O–H groups in total. The van der Waals surface area contributed by atoms with Crippen molar-refractivity contribution in [1.82, 2.24) is 5.32 Å². The SMILES string of the molecule is COCCNCc1cccc(SCC2CC3CCC2C3)c1. The van der Waals surface area contributed by atoms with E-state index in [9.17, 15) is 0 Å². The van der Waals surface area contributed by atoms with Gasteiger partial charge in [-0.3, -0.25) is 0 Å². The van der Waals surface area contributed by atoms with E-state index in [-0.39, 0.29) is 0 Å². The third-order valence-electron chi connectivity index (χ3n) is 5.06. The fourth-order valence-electron chi connectivity index (χ4n) is 3.94. The van der Waals surface area contributed by atoms with E-state index in [2.05, 4.69) is 41.3 Å². The van der Waals surface area contributed by atoms with Crippen molar-refractivity contribution in [2.24, 2.45) is 17.8 Å². The van der Waals surface area contributed by atoms with E-state index in [4.69, 9.17) is 4.74 Å². The first-order valence-corrected chi connectivity index (χ1v) is 9.25. The summed E-state index contributed by atoms with van der Waals surface area (Å²) in [4.78, 5) is 1.43. The lowest BCUT2D eigenvalue weighted by molar-refractivity contribution is 0.199. The Morgan fingerprint density at radius 3 is 3.00 bits per heavy atom. The van der Waals surface area contributed by atoms with Crippen molar-refractivity contribution in [3.05, 3.63) is 29.8 Å². The second-order valence-corrected chi connectivity index (χ2v) is 7.66. The quantitative estimate of drug-likeness (QED) is 0.580. The van der Waals surface area contributed by atoms with Crippen LogP contribution in [0, 0.1) is 17.8 Å². The second-order valence-electron chi connectivity index (χ2n) is 6.56. The number of rotatable bonds is 8. The average molecular weight is 305 g/mol. The molecule has 0 spiro atoms. The Morgan fingerprint density at radius 2 is 2.24 bits per heavy atom. The molecule has 0 heterocycles. The number of methoxy groups -OCH3 is 1. The minimum Gasteiger partial charge on any atom is -0.383 e. The van der Waals surface area contributed by atoms with Crippen LogP contribution in [0.4, 0.5) is 0 Å². The number of hydrogen-bond acceptors (Lipinski definition) is 3. The predicted molar refractivity (Wildman–Crippen MR) is 89.7 cm³/mol. The molecule has 2 aliphatic rings. The summed E-state index contributed by atoms with van der Waals surface area (Å²) in [6, 6.07) is 9.01. The number of thioether (sulfide) groups is 1. The lowest BCUT2D eigenvalue weighted by Crippen LogP contribution is -2.18. The number of nitrogens with one attached hydrogen (secondary N) is 1. The highest BCUT2D eigenvalue weighted by molar-refractivity contribution is 7.99. The molecule has 3 atom stereocenters. The maximum atomic E-state index is 5.06. The van der Waals surface area contributed by atoms with Crippen molar-refractivity contribution < 1.29 is 4.74 Å². The largest absolute Gasteiger partial charge is 0.383 e. The molecule has 2 nitrogen and oxygen atoms in total. The van der Waals surface area contributed by atoms with Gasteiger partial charge >= 0.3 is 0 Å². The summed E-state index contributed by atoms with van der Waals surface area (Å²) in [6.45, 7) is 2.63. The van der Waals surface area contributed by atoms with Crippen LogP contribution < -0.4 is 5.32 Å². The zero-order valence-corrected chi connectivity index (χ0v) is 13.8. The lowest BCUT2D eigenvalue weighted by atomic mass is 9.90. The van der Waals surface area contributed by atoms with E-state index in [0.717, 1.165) is 37.5 Å². The maximum absolute atomic E-state index is 5.06. The molecule has 21 heavy (non-hydrogen) atoms. The van der Waals surface area contributed by atoms with Gasteiger partial charge in [0.1, 0.15) is 0 Å². The summed E-state index contributed by atoms with van der Waals surface area (Å²) in [5, 5.41) is 3.41. The highest BCUT2D eigenvalue weighted by Crippen LogP contribution is 2.49. The molecule has 3 unspecified atom stereocenters. The minimum atomic E-state index is 0.776. The first-order chi connectivity index (χ1) is 10.3.